The number of amides is 1. The van der Waals surface area contributed by atoms with E-state index < -0.39 is 0 Å². The van der Waals surface area contributed by atoms with Gasteiger partial charge >= 0.3 is 0 Å². The lowest BCUT2D eigenvalue weighted by molar-refractivity contribution is 0.0944. The van der Waals surface area contributed by atoms with Gasteiger partial charge in [-0.2, -0.15) is 0 Å². The van der Waals surface area contributed by atoms with Crippen molar-refractivity contribution in [3.05, 3.63) is 29.8 Å². The topological polar surface area (TPSA) is 47.6 Å². The molecule has 0 saturated carbocycles. The van der Waals surface area contributed by atoms with Crippen molar-refractivity contribution in [3.8, 4) is 5.75 Å². The first-order chi connectivity index (χ1) is 10.3. The normalized spacial score (nSPS) is 10.4. The van der Waals surface area contributed by atoms with Crippen molar-refractivity contribution in [2.45, 2.75) is 26.2 Å². The summed E-state index contributed by atoms with van der Waals surface area (Å²) in [5.41, 5.74) is 0.652. The van der Waals surface area contributed by atoms with E-state index in [0.29, 0.717) is 25.3 Å². The minimum atomic E-state index is -0.0596. The molecular weight excluding hydrogens is 334 g/mol. The fourth-order valence-corrected chi connectivity index (χ4v) is 1.90. The van der Waals surface area contributed by atoms with Gasteiger partial charge in [0, 0.05) is 24.0 Å². The Morgan fingerprint density at radius 1 is 1.14 bits per heavy atom. The number of rotatable bonds is 11. The van der Waals surface area contributed by atoms with Crippen LogP contribution in [0.4, 0.5) is 0 Å². The molecule has 1 rings (SSSR count). The van der Waals surface area contributed by atoms with E-state index in [4.69, 9.17) is 9.47 Å². The predicted molar refractivity (Wildman–Crippen MR) is 88.4 cm³/mol. The van der Waals surface area contributed by atoms with Gasteiger partial charge in [-0.1, -0.05) is 29.3 Å². The molecule has 0 unspecified atom stereocenters. The number of unbranched alkanes of at least 4 members (excludes halogenated alkanes) is 1. The summed E-state index contributed by atoms with van der Waals surface area (Å²) < 4.78 is 10.9. The Kier molecular flexibility index (Phi) is 9.91. The molecule has 0 atom stereocenters. The standard InChI is InChI=1S/C16H24BrNO3/c1-2-3-12-21-15-7-5-14(6-8-15)16(19)18-10-4-11-20-13-9-17/h5-8H,2-4,9-13H2,1H3,(H,18,19). The first kappa shape index (κ1) is 18.0. The highest BCUT2D eigenvalue weighted by molar-refractivity contribution is 9.09. The molecule has 4 nitrogen and oxygen atoms in total. The van der Waals surface area contributed by atoms with Gasteiger partial charge < -0.3 is 14.8 Å². The number of hydrogen-bond donors (Lipinski definition) is 1. The molecule has 0 radical (unpaired) electrons. The predicted octanol–water partition coefficient (Wildman–Crippen LogP) is 3.40. The average Bonchev–Trinajstić information content (AvgIpc) is 2.51. The molecule has 0 bridgehead atoms. The molecule has 21 heavy (non-hydrogen) atoms. The average molecular weight is 358 g/mol. The van der Waals surface area contributed by atoms with Crippen LogP contribution < -0.4 is 10.1 Å². The van der Waals surface area contributed by atoms with Crippen LogP contribution in [0.5, 0.6) is 5.75 Å². The van der Waals surface area contributed by atoms with Crippen LogP contribution in [-0.4, -0.2) is 37.6 Å². The third kappa shape index (κ3) is 8.07. The molecule has 0 aliphatic heterocycles. The number of benzene rings is 1. The minimum absolute atomic E-state index is 0.0596. The minimum Gasteiger partial charge on any atom is -0.494 e. The van der Waals surface area contributed by atoms with Crippen LogP contribution in [0.25, 0.3) is 0 Å². The molecule has 1 N–H and O–H groups in total. The zero-order valence-corrected chi connectivity index (χ0v) is 14.2. The second-order valence-corrected chi connectivity index (χ2v) is 5.43. The van der Waals surface area contributed by atoms with Gasteiger partial charge in [0.25, 0.3) is 5.91 Å². The summed E-state index contributed by atoms with van der Waals surface area (Å²) in [6, 6.07) is 7.25. The van der Waals surface area contributed by atoms with Crippen molar-refractivity contribution < 1.29 is 14.3 Å². The van der Waals surface area contributed by atoms with E-state index in [0.717, 1.165) is 36.9 Å². The SMILES string of the molecule is CCCCOc1ccc(C(=O)NCCCOCCBr)cc1. The Hall–Kier alpha value is -1.07. The van der Waals surface area contributed by atoms with Gasteiger partial charge in [-0.15, -0.1) is 0 Å². The van der Waals surface area contributed by atoms with E-state index in [2.05, 4.69) is 28.2 Å². The number of hydrogen-bond acceptors (Lipinski definition) is 3. The number of ether oxygens (including phenoxy) is 2. The lowest BCUT2D eigenvalue weighted by atomic mass is 10.2. The van der Waals surface area contributed by atoms with Crippen LogP contribution in [0, 0.1) is 0 Å². The van der Waals surface area contributed by atoms with E-state index in [9.17, 15) is 4.79 Å². The van der Waals surface area contributed by atoms with Crippen molar-refractivity contribution in [2.75, 3.05) is 31.7 Å². The lowest BCUT2D eigenvalue weighted by Gasteiger charge is -2.08. The largest absolute Gasteiger partial charge is 0.494 e. The second-order valence-electron chi connectivity index (χ2n) is 4.64. The van der Waals surface area contributed by atoms with Crippen LogP contribution in [-0.2, 0) is 4.74 Å². The van der Waals surface area contributed by atoms with Crippen molar-refractivity contribution in [1.29, 1.82) is 0 Å². The fraction of sp³-hybridized carbons (Fsp3) is 0.562. The summed E-state index contributed by atoms with van der Waals surface area (Å²) in [5, 5.41) is 3.72. The molecule has 0 saturated heterocycles. The third-order valence-electron chi connectivity index (χ3n) is 2.86. The molecule has 0 aliphatic rings. The van der Waals surface area contributed by atoms with Gasteiger partial charge in [0.2, 0.25) is 0 Å². The summed E-state index contributed by atoms with van der Waals surface area (Å²) in [7, 11) is 0. The molecule has 0 spiro atoms. The van der Waals surface area contributed by atoms with Crippen LogP contribution in [0.3, 0.4) is 0 Å². The Bertz CT molecular complexity index is 395. The number of halogens is 1. The Labute approximate surface area is 135 Å². The van der Waals surface area contributed by atoms with Crippen molar-refractivity contribution in [3.63, 3.8) is 0 Å². The summed E-state index contributed by atoms with van der Waals surface area (Å²) in [5.74, 6) is 0.749. The van der Waals surface area contributed by atoms with Crippen LogP contribution >= 0.6 is 15.9 Å². The molecule has 5 heteroatoms. The molecule has 1 aromatic rings. The zero-order valence-electron chi connectivity index (χ0n) is 12.6. The maximum absolute atomic E-state index is 11.9. The van der Waals surface area contributed by atoms with Gasteiger partial charge in [0.1, 0.15) is 5.75 Å². The van der Waals surface area contributed by atoms with Crippen molar-refractivity contribution in [1.82, 2.24) is 5.32 Å². The van der Waals surface area contributed by atoms with E-state index in [1.807, 2.05) is 12.1 Å². The van der Waals surface area contributed by atoms with Gasteiger partial charge in [0.15, 0.2) is 0 Å². The zero-order chi connectivity index (χ0) is 15.3. The van der Waals surface area contributed by atoms with Crippen LogP contribution in [0.15, 0.2) is 24.3 Å². The molecule has 1 aromatic carbocycles. The monoisotopic (exact) mass is 357 g/mol. The Balaban J connectivity index is 2.24. The molecule has 1 amide bonds. The van der Waals surface area contributed by atoms with Gasteiger partial charge in [0.05, 0.1) is 13.2 Å². The molecular formula is C16H24BrNO3. The first-order valence-electron chi connectivity index (χ1n) is 7.42. The summed E-state index contributed by atoms with van der Waals surface area (Å²) in [6.45, 7) is 4.83. The highest BCUT2D eigenvalue weighted by atomic mass is 79.9. The molecule has 0 fully saturated rings. The number of alkyl halides is 1. The highest BCUT2D eigenvalue weighted by Gasteiger charge is 2.04. The maximum Gasteiger partial charge on any atom is 0.251 e. The maximum atomic E-state index is 11.9. The van der Waals surface area contributed by atoms with E-state index >= 15 is 0 Å². The number of carbonyl (C=O) groups excluding carboxylic acids is 1. The molecule has 0 aromatic heterocycles. The second kappa shape index (κ2) is 11.6. The van der Waals surface area contributed by atoms with Crippen molar-refractivity contribution >= 4 is 21.8 Å². The summed E-state index contributed by atoms with van der Waals surface area (Å²) >= 11 is 3.29. The van der Waals surface area contributed by atoms with Gasteiger partial charge in [-0.3, -0.25) is 4.79 Å². The Morgan fingerprint density at radius 3 is 2.57 bits per heavy atom. The van der Waals surface area contributed by atoms with E-state index in [-0.39, 0.29) is 5.91 Å². The van der Waals surface area contributed by atoms with Crippen LogP contribution in [0.2, 0.25) is 0 Å². The van der Waals surface area contributed by atoms with E-state index in [1.54, 1.807) is 12.1 Å². The Morgan fingerprint density at radius 2 is 1.90 bits per heavy atom. The smallest absolute Gasteiger partial charge is 0.251 e. The van der Waals surface area contributed by atoms with E-state index in [1.165, 1.54) is 0 Å². The van der Waals surface area contributed by atoms with Crippen molar-refractivity contribution in [2.24, 2.45) is 0 Å². The third-order valence-corrected chi connectivity index (χ3v) is 3.18. The quantitative estimate of drug-likeness (QED) is 0.487. The summed E-state index contributed by atoms with van der Waals surface area (Å²) in [6.07, 6.45) is 2.97. The lowest BCUT2D eigenvalue weighted by Crippen LogP contribution is -2.25. The number of carbonyl (C=O) groups is 1. The number of nitrogens with one attached hydrogen (secondary N) is 1. The van der Waals surface area contributed by atoms with Gasteiger partial charge in [-0.25, -0.2) is 0 Å². The van der Waals surface area contributed by atoms with Gasteiger partial charge in [-0.05, 0) is 37.1 Å². The summed E-state index contributed by atoms with van der Waals surface area (Å²) in [4.78, 5) is 11.9. The molecule has 0 heterocycles. The highest BCUT2D eigenvalue weighted by Crippen LogP contribution is 2.12. The first-order valence-corrected chi connectivity index (χ1v) is 8.55. The molecule has 118 valence electrons. The van der Waals surface area contributed by atoms with Crippen LogP contribution in [0.1, 0.15) is 36.5 Å². The molecule has 0 aliphatic carbocycles. The fourth-order valence-electron chi connectivity index (χ4n) is 1.67.